The van der Waals surface area contributed by atoms with Crippen LogP contribution in [0.2, 0.25) is 0 Å². The zero-order valence-electron chi connectivity index (χ0n) is 12.4. The minimum atomic E-state index is -3.89. The van der Waals surface area contributed by atoms with Gasteiger partial charge in [-0.25, -0.2) is 0 Å². The van der Waals surface area contributed by atoms with Crippen LogP contribution in [0.3, 0.4) is 0 Å². The van der Waals surface area contributed by atoms with E-state index < -0.39 is 35.2 Å². The molecule has 0 radical (unpaired) electrons. The molecule has 21 heavy (non-hydrogen) atoms. The quantitative estimate of drug-likeness (QED) is 0.626. The highest BCUT2D eigenvalue weighted by Gasteiger charge is 2.33. The fraction of sp³-hybridized carbons (Fsp3) is 0.833. The lowest BCUT2D eigenvalue weighted by atomic mass is 10.2. The zero-order valence-corrected chi connectivity index (χ0v) is 13.2. The lowest BCUT2D eigenvalue weighted by Crippen LogP contribution is -2.48. The Morgan fingerprint density at radius 1 is 0.952 bits per heavy atom. The van der Waals surface area contributed by atoms with Crippen LogP contribution in [0.4, 0.5) is 0 Å². The second kappa shape index (κ2) is 8.30. The fourth-order valence-corrected chi connectivity index (χ4v) is 3.66. The zero-order chi connectivity index (χ0) is 15.9. The Bertz CT molecular complexity index is 438. The molecular formula is C12H22N2O6S. The predicted molar refractivity (Wildman–Crippen MR) is 74.6 cm³/mol. The molecule has 0 bridgehead atoms. The summed E-state index contributed by atoms with van der Waals surface area (Å²) in [5.74, 6) is -1.45. The number of nitrogens with zero attached hydrogens (tertiary/aromatic N) is 2. The van der Waals surface area contributed by atoms with Crippen molar-refractivity contribution in [3.05, 3.63) is 0 Å². The van der Waals surface area contributed by atoms with Crippen LogP contribution in [0.5, 0.6) is 0 Å². The molecule has 1 aliphatic rings. The first-order valence-electron chi connectivity index (χ1n) is 6.80. The summed E-state index contributed by atoms with van der Waals surface area (Å²) in [7, 11) is -1.56. The van der Waals surface area contributed by atoms with E-state index in [1.54, 1.807) is 0 Å². The average molecular weight is 322 g/mol. The molecule has 1 aliphatic heterocycles. The van der Waals surface area contributed by atoms with Crippen LogP contribution >= 0.6 is 0 Å². The molecule has 0 spiro atoms. The highest BCUT2D eigenvalue weighted by Crippen LogP contribution is 2.16. The third-order valence-corrected chi connectivity index (χ3v) is 5.21. The molecule has 1 fully saturated rings. The van der Waals surface area contributed by atoms with Crippen LogP contribution < -0.4 is 0 Å². The van der Waals surface area contributed by atoms with Gasteiger partial charge in [0.1, 0.15) is 13.1 Å². The largest absolute Gasteiger partial charge is 0.468 e. The maximum Gasteiger partial charge on any atom is 0.321 e. The van der Waals surface area contributed by atoms with Gasteiger partial charge in [0.15, 0.2) is 0 Å². The second-order valence-electron chi connectivity index (χ2n) is 4.74. The number of ether oxygens (including phenoxy) is 2. The van der Waals surface area contributed by atoms with Gasteiger partial charge in [-0.1, -0.05) is 12.8 Å². The SMILES string of the molecule is COC(=O)CN(CC(=O)OC)S(=O)(=O)N1CCCCCC1. The first-order chi connectivity index (χ1) is 9.91. The van der Waals surface area contributed by atoms with Crippen molar-refractivity contribution in [2.24, 2.45) is 0 Å². The molecule has 8 nitrogen and oxygen atoms in total. The van der Waals surface area contributed by atoms with E-state index in [1.807, 2.05) is 0 Å². The summed E-state index contributed by atoms with van der Waals surface area (Å²) in [6, 6.07) is 0. The standard InChI is InChI=1S/C12H22N2O6S/c1-19-11(15)9-14(10-12(16)20-2)21(17,18)13-7-5-3-4-6-8-13/h3-10H2,1-2H3. The summed E-state index contributed by atoms with van der Waals surface area (Å²) < 4.78 is 36.2. The van der Waals surface area contributed by atoms with Gasteiger partial charge in [0.05, 0.1) is 14.2 Å². The van der Waals surface area contributed by atoms with E-state index in [1.165, 1.54) is 4.31 Å². The first-order valence-corrected chi connectivity index (χ1v) is 8.20. The van der Waals surface area contributed by atoms with Crippen LogP contribution in [-0.2, 0) is 29.3 Å². The van der Waals surface area contributed by atoms with Crippen LogP contribution in [0.1, 0.15) is 25.7 Å². The Balaban J connectivity index is 2.91. The average Bonchev–Trinajstić information content (AvgIpc) is 2.75. The summed E-state index contributed by atoms with van der Waals surface area (Å²) in [6.45, 7) is -0.239. The molecule has 0 atom stereocenters. The normalized spacial score (nSPS) is 17.3. The lowest BCUT2D eigenvalue weighted by Gasteiger charge is -2.27. The maximum absolute atomic E-state index is 12.6. The first kappa shape index (κ1) is 17.9. The highest BCUT2D eigenvalue weighted by atomic mass is 32.2. The molecule has 1 rings (SSSR count). The van der Waals surface area contributed by atoms with E-state index in [0.29, 0.717) is 13.1 Å². The van der Waals surface area contributed by atoms with Gasteiger partial charge in [-0.3, -0.25) is 9.59 Å². The highest BCUT2D eigenvalue weighted by molar-refractivity contribution is 7.86. The molecule has 0 amide bonds. The number of hydrogen-bond acceptors (Lipinski definition) is 6. The van der Waals surface area contributed by atoms with Crippen molar-refractivity contribution < 1.29 is 27.5 Å². The molecule has 0 N–H and O–H groups in total. The number of esters is 2. The maximum atomic E-state index is 12.6. The van der Waals surface area contributed by atoms with Crippen molar-refractivity contribution in [3.8, 4) is 0 Å². The van der Waals surface area contributed by atoms with Crippen LogP contribution in [0.15, 0.2) is 0 Å². The minimum absolute atomic E-state index is 0.390. The molecule has 0 aromatic carbocycles. The molecule has 1 saturated heterocycles. The molecule has 1 heterocycles. The van der Waals surface area contributed by atoms with Gasteiger partial charge in [0.25, 0.3) is 10.2 Å². The fourth-order valence-electron chi connectivity index (χ4n) is 2.07. The van der Waals surface area contributed by atoms with Gasteiger partial charge >= 0.3 is 11.9 Å². The van der Waals surface area contributed by atoms with Gasteiger partial charge in [0, 0.05) is 13.1 Å². The molecule has 122 valence electrons. The van der Waals surface area contributed by atoms with Crippen molar-refractivity contribution in [2.75, 3.05) is 40.4 Å². The van der Waals surface area contributed by atoms with Gasteiger partial charge in [0.2, 0.25) is 0 Å². The van der Waals surface area contributed by atoms with Crippen LogP contribution in [0.25, 0.3) is 0 Å². The Kier molecular flexibility index (Phi) is 7.06. The van der Waals surface area contributed by atoms with Crippen molar-refractivity contribution in [1.82, 2.24) is 8.61 Å². The van der Waals surface area contributed by atoms with Crippen LogP contribution in [-0.4, -0.2) is 69.4 Å². The van der Waals surface area contributed by atoms with Gasteiger partial charge in [-0.2, -0.15) is 17.0 Å². The number of rotatable bonds is 6. The molecule has 0 aromatic heterocycles. The monoisotopic (exact) mass is 322 g/mol. The number of methoxy groups -OCH3 is 2. The molecule has 0 aromatic rings. The van der Waals surface area contributed by atoms with Gasteiger partial charge < -0.3 is 9.47 Å². The van der Waals surface area contributed by atoms with E-state index in [2.05, 4.69) is 9.47 Å². The smallest absolute Gasteiger partial charge is 0.321 e. The Hall–Kier alpha value is -1.19. The summed E-state index contributed by atoms with van der Waals surface area (Å²) in [5, 5.41) is 0. The molecular weight excluding hydrogens is 300 g/mol. The Morgan fingerprint density at radius 2 is 1.38 bits per heavy atom. The molecule has 9 heteroatoms. The Morgan fingerprint density at radius 3 is 1.76 bits per heavy atom. The van der Waals surface area contributed by atoms with E-state index in [-0.39, 0.29) is 0 Å². The summed E-state index contributed by atoms with van der Waals surface area (Å²) in [4.78, 5) is 22.8. The van der Waals surface area contributed by atoms with Crippen molar-refractivity contribution in [1.29, 1.82) is 0 Å². The van der Waals surface area contributed by atoms with Crippen molar-refractivity contribution >= 4 is 22.1 Å². The van der Waals surface area contributed by atoms with Gasteiger partial charge in [-0.15, -0.1) is 0 Å². The number of hydrogen-bond donors (Lipinski definition) is 0. The number of carbonyl (C=O) groups excluding carboxylic acids is 2. The van der Waals surface area contributed by atoms with E-state index >= 15 is 0 Å². The van der Waals surface area contributed by atoms with E-state index in [0.717, 1.165) is 44.2 Å². The van der Waals surface area contributed by atoms with E-state index in [4.69, 9.17) is 0 Å². The van der Waals surface area contributed by atoms with Crippen LogP contribution in [0, 0.1) is 0 Å². The molecule has 0 saturated carbocycles. The van der Waals surface area contributed by atoms with Gasteiger partial charge in [-0.05, 0) is 12.8 Å². The predicted octanol–water partition coefficient (Wildman–Crippen LogP) is -0.245. The summed E-state index contributed by atoms with van der Waals surface area (Å²) >= 11 is 0. The Labute approximate surface area is 125 Å². The van der Waals surface area contributed by atoms with Crippen molar-refractivity contribution in [2.45, 2.75) is 25.7 Å². The molecule has 0 aliphatic carbocycles. The summed E-state index contributed by atoms with van der Waals surface area (Å²) in [6.07, 6.45) is 3.48. The lowest BCUT2D eigenvalue weighted by molar-refractivity contribution is -0.143. The second-order valence-corrected chi connectivity index (χ2v) is 6.67. The topological polar surface area (TPSA) is 93.2 Å². The third kappa shape index (κ3) is 5.25. The summed E-state index contributed by atoms with van der Waals surface area (Å²) in [5.41, 5.74) is 0. The van der Waals surface area contributed by atoms with E-state index in [9.17, 15) is 18.0 Å². The van der Waals surface area contributed by atoms with Crippen molar-refractivity contribution in [3.63, 3.8) is 0 Å². The third-order valence-electron chi connectivity index (χ3n) is 3.28. The minimum Gasteiger partial charge on any atom is -0.468 e. The number of carbonyl (C=O) groups is 2. The molecule has 0 unspecified atom stereocenters.